The highest BCUT2D eigenvalue weighted by molar-refractivity contribution is 6.31. The smallest absolute Gasteiger partial charge is 0.323 e. The third kappa shape index (κ3) is 6.22. The predicted octanol–water partition coefficient (Wildman–Crippen LogP) is 5.66. The molecule has 1 aliphatic rings. The van der Waals surface area contributed by atoms with Crippen molar-refractivity contribution >= 4 is 40.6 Å². The molecule has 1 fully saturated rings. The molecule has 0 spiro atoms. The number of urea groups is 1. The minimum absolute atomic E-state index is 0.0870. The Morgan fingerprint density at radius 1 is 1.00 bits per heavy atom. The van der Waals surface area contributed by atoms with Gasteiger partial charge in [0.2, 0.25) is 0 Å². The van der Waals surface area contributed by atoms with Gasteiger partial charge in [-0.1, -0.05) is 23.7 Å². The van der Waals surface area contributed by atoms with Crippen LogP contribution in [0.4, 0.5) is 26.2 Å². The van der Waals surface area contributed by atoms with Crippen LogP contribution in [0.5, 0.6) is 5.75 Å². The standard InChI is InChI=1S/C26H26ClFN4O3/c1-35-20-8-4-17(5-9-20)16-29-25(33)18-6-11-24(32-12-2-3-13-32)23(14-18)31-26(34)30-19-7-10-22(28)21(27)15-19/h4-11,14-15H,2-3,12-13,16H2,1H3,(H,29,33)(H2,30,31,34). The molecule has 0 aromatic heterocycles. The fourth-order valence-electron chi connectivity index (χ4n) is 3.90. The van der Waals surface area contributed by atoms with Crippen molar-refractivity contribution < 1.29 is 18.7 Å². The van der Waals surface area contributed by atoms with E-state index in [1.807, 2.05) is 30.3 Å². The van der Waals surface area contributed by atoms with Gasteiger partial charge in [-0.2, -0.15) is 0 Å². The summed E-state index contributed by atoms with van der Waals surface area (Å²) in [6.45, 7) is 2.09. The third-order valence-corrected chi connectivity index (χ3v) is 6.03. The minimum Gasteiger partial charge on any atom is -0.497 e. The zero-order valence-corrected chi connectivity index (χ0v) is 20.0. The first-order valence-corrected chi connectivity index (χ1v) is 11.6. The van der Waals surface area contributed by atoms with Gasteiger partial charge in [0.1, 0.15) is 11.6 Å². The highest BCUT2D eigenvalue weighted by Gasteiger charge is 2.19. The number of carbonyl (C=O) groups excluding carboxylic acids is 2. The lowest BCUT2D eigenvalue weighted by molar-refractivity contribution is 0.0951. The summed E-state index contributed by atoms with van der Waals surface area (Å²) in [5.41, 5.74) is 3.05. The number of nitrogens with one attached hydrogen (secondary N) is 3. The van der Waals surface area contributed by atoms with E-state index in [1.165, 1.54) is 18.2 Å². The number of ether oxygens (including phenoxy) is 1. The quantitative estimate of drug-likeness (QED) is 0.394. The van der Waals surface area contributed by atoms with E-state index in [2.05, 4.69) is 20.9 Å². The summed E-state index contributed by atoms with van der Waals surface area (Å²) in [6, 6.07) is 16.1. The second-order valence-electron chi connectivity index (χ2n) is 8.16. The Balaban J connectivity index is 1.49. The van der Waals surface area contributed by atoms with E-state index in [0.717, 1.165) is 42.9 Å². The van der Waals surface area contributed by atoms with Crippen LogP contribution in [0, 0.1) is 5.82 Å². The Hall–Kier alpha value is -3.78. The van der Waals surface area contributed by atoms with Gasteiger partial charge >= 0.3 is 6.03 Å². The first-order chi connectivity index (χ1) is 16.9. The first kappa shape index (κ1) is 24.3. The van der Waals surface area contributed by atoms with Crippen LogP contribution in [0.1, 0.15) is 28.8 Å². The zero-order valence-electron chi connectivity index (χ0n) is 19.2. The molecule has 9 heteroatoms. The molecule has 0 saturated carbocycles. The summed E-state index contributed by atoms with van der Waals surface area (Å²) in [4.78, 5) is 27.7. The van der Waals surface area contributed by atoms with Crippen LogP contribution < -0.4 is 25.6 Å². The average molecular weight is 497 g/mol. The number of benzene rings is 3. The van der Waals surface area contributed by atoms with Crippen LogP contribution in [0.25, 0.3) is 0 Å². The van der Waals surface area contributed by atoms with Crippen LogP contribution >= 0.6 is 11.6 Å². The highest BCUT2D eigenvalue weighted by atomic mass is 35.5. The molecule has 0 bridgehead atoms. The molecule has 0 unspecified atom stereocenters. The fraction of sp³-hybridized carbons (Fsp3) is 0.231. The number of anilines is 3. The third-order valence-electron chi connectivity index (χ3n) is 5.74. The van der Waals surface area contributed by atoms with Crippen LogP contribution in [0.2, 0.25) is 5.02 Å². The van der Waals surface area contributed by atoms with E-state index in [0.29, 0.717) is 23.5 Å². The van der Waals surface area contributed by atoms with Crippen molar-refractivity contribution in [2.45, 2.75) is 19.4 Å². The van der Waals surface area contributed by atoms with Crippen molar-refractivity contribution in [3.63, 3.8) is 0 Å². The van der Waals surface area contributed by atoms with Gasteiger partial charge in [0, 0.05) is 30.9 Å². The SMILES string of the molecule is COc1ccc(CNC(=O)c2ccc(N3CCCC3)c(NC(=O)Nc3ccc(F)c(Cl)c3)c2)cc1. The number of rotatable bonds is 7. The van der Waals surface area contributed by atoms with Crippen molar-refractivity contribution in [1.29, 1.82) is 0 Å². The average Bonchev–Trinajstić information content (AvgIpc) is 3.40. The minimum atomic E-state index is -0.567. The zero-order chi connectivity index (χ0) is 24.8. The Bertz CT molecular complexity index is 1210. The lowest BCUT2D eigenvalue weighted by Crippen LogP contribution is -2.26. The summed E-state index contributed by atoms with van der Waals surface area (Å²) >= 11 is 5.81. The predicted molar refractivity (Wildman–Crippen MR) is 136 cm³/mol. The summed E-state index contributed by atoms with van der Waals surface area (Å²) in [7, 11) is 1.60. The van der Waals surface area contributed by atoms with Crippen LogP contribution in [-0.2, 0) is 6.54 Å². The van der Waals surface area contributed by atoms with Crippen LogP contribution in [0.15, 0.2) is 60.7 Å². The molecule has 1 aliphatic heterocycles. The van der Waals surface area contributed by atoms with Crippen LogP contribution in [-0.4, -0.2) is 32.1 Å². The van der Waals surface area contributed by atoms with Gasteiger partial charge in [0.25, 0.3) is 5.91 Å². The maximum Gasteiger partial charge on any atom is 0.323 e. The molecule has 3 aromatic carbocycles. The lowest BCUT2D eigenvalue weighted by atomic mass is 10.1. The molecule has 182 valence electrons. The first-order valence-electron chi connectivity index (χ1n) is 11.3. The molecule has 3 N–H and O–H groups in total. The van der Waals surface area contributed by atoms with Gasteiger partial charge in [-0.3, -0.25) is 4.79 Å². The summed E-state index contributed by atoms with van der Waals surface area (Å²) in [5, 5.41) is 8.29. The molecule has 3 aromatic rings. The Kier molecular flexibility index (Phi) is 7.72. The number of halogens is 2. The van der Waals surface area contributed by atoms with Crippen molar-refractivity contribution in [2.75, 3.05) is 35.7 Å². The van der Waals surface area contributed by atoms with E-state index < -0.39 is 11.8 Å². The number of methoxy groups -OCH3 is 1. The van der Waals surface area contributed by atoms with Gasteiger partial charge in [0.15, 0.2) is 0 Å². The lowest BCUT2D eigenvalue weighted by Gasteiger charge is -2.22. The number of hydrogen-bond acceptors (Lipinski definition) is 4. The second-order valence-corrected chi connectivity index (χ2v) is 8.57. The van der Waals surface area contributed by atoms with Crippen LogP contribution in [0.3, 0.4) is 0 Å². The molecule has 1 saturated heterocycles. The van der Waals surface area contributed by atoms with Crippen molar-refractivity contribution in [2.24, 2.45) is 0 Å². The number of nitrogens with zero attached hydrogens (tertiary/aromatic N) is 1. The number of amides is 3. The largest absolute Gasteiger partial charge is 0.497 e. The number of hydrogen-bond donors (Lipinski definition) is 3. The van der Waals surface area contributed by atoms with Gasteiger partial charge < -0.3 is 25.6 Å². The van der Waals surface area contributed by atoms with E-state index >= 15 is 0 Å². The maximum atomic E-state index is 13.4. The number of carbonyl (C=O) groups is 2. The maximum absolute atomic E-state index is 13.4. The molecule has 35 heavy (non-hydrogen) atoms. The molecular weight excluding hydrogens is 471 g/mol. The topological polar surface area (TPSA) is 82.7 Å². The fourth-order valence-corrected chi connectivity index (χ4v) is 4.08. The van der Waals surface area contributed by atoms with Crippen molar-refractivity contribution in [3.8, 4) is 5.75 Å². The Morgan fingerprint density at radius 3 is 2.43 bits per heavy atom. The molecule has 4 rings (SSSR count). The van der Waals surface area contributed by atoms with E-state index in [4.69, 9.17) is 16.3 Å². The van der Waals surface area contributed by atoms with E-state index in [1.54, 1.807) is 19.2 Å². The molecule has 3 amide bonds. The van der Waals surface area contributed by atoms with Crippen molar-refractivity contribution in [1.82, 2.24) is 5.32 Å². The van der Waals surface area contributed by atoms with Crippen molar-refractivity contribution in [3.05, 3.63) is 82.6 Å². The molecule has 0 aliphatic carbocycles. The molecular formula is C26H26ClFN4O3. The summed E-state index contributed by atoms with van der Waals surface area (Å²) in [5.74, 6) is -0.0839. The van der Waals surface area contributed by atoms with Gasteiger partial charge in [-0.05, 0) is 66.9 Å². The summed E-state index contributed by atoms with van der Waals surface area (Å²) < 4.78 is 18.6. The Morgan fingerprint density at radius 2 is 1.74 bits per heavy atom. The molecule has 0 atom stereocenters. The molecule has 0 radical (unpaired) electrons. The van der Waals surface area contributed by atoms with E-state index in [9.17, 15) is 14.0 Å². The highest BCUT2D eigenvalue weighted by Crippen LogP contribution is 2.30. The van der Waals surface area contributed by atoms with Gasteiger partial charge in [-0.25, -0.2) is 9.18 Å². The molecule has 1 heterocycles. The monoisotopic (exact) mass is 496 g/mol. The normalized spacial score (nSPS) is 12.8. The second kappa shape index (κ2) is 11.1. The van der Waals surface area contributed by atoms with Gasteiger partial charge in [-0.15, -0.1) is 0 Å². The van der Waals surface area contributed by atoms with Gasteiger partial charge in [0.05, 0.1) is 23.5 Å². The summed E-state index contributed by atoms with van der Waals surface area (Å²) in [6.07, 6.45) is 2.12. The Labute approximate surface area is 208 Å². The van der Waals surface area contributed by atoms with E-state index in [-0.39, 0.29) is 10.9 Å². The molecule has 7 nitrogen and oxygen atoms in total.